The molecule has 1 unspecified atom stereocenters. The molecule has 9 nitrogen and oxygen atoms in total. The van der Waals surface area contributed by atoms with Crippen LogP contribution in [-0.4, -0.2) is 39.2 Å². The first kappa shape index (κ1) is 23.0. The lowest BCUT2D eigenvalue weighted by Crippen LogP contribution is -2.54. The number of pyridine rings is 1. The number of carbonyl (C=O) groups is 3. The number of nitrogens with one attached hydrogen (secondary N) is 3. The van der Waals surface area contributed by atoms with Gasteiger partial charge in [-0.3, -0.25) is 24.6 Å². The van der Waals surface area contributed by atoms with Gasteiger partial charge in [0.1, 0.15) is 5.69 Å². The Morgan fingerprint density at radius 1 is 1.15 bits per heavy atom. The van der Waals surface area contributed by atoms with Crippen LogP contribution in [0.1, 0.15) is 27.3 Å². The van der Waals surface area contributed by atoms with Crippen molar-refractivity contribution in [1.82, 2.24) is 30.7 Å². The fourth-order valence-electron chi connectivity index (χ4n) is 3.99. The summed E-state index contributed by atoms with van der Waals surface area (Å²) in [6.45, 7) is 1.43. The van der Waals surface area contributed by atoms with Crippen LogP contribution in [0.15, 0.2) is 48.8 Å². The average Bonchev–Trinajstić information content (AvgIpc) is 3.28. The molecule has 1 aromatic carbocycles. The van der Waals surface area contributed by atoms with E-state index < -0.39 is 35.3 Å². The van der Waals surface area contributed by atoms with Gasteiger partial charge in [-0.15, -0.1) is 0 Å². The van der Waals surface area contributed by atoms with Gasteiger partial charge in [-0.05, 0) is 30.2 Å². The second kappa shape index (κ2) is 8.28. The molecule has 176 valence electrons. The first-order chi connectivity index (χ1) is 16.0. The van der Waals surface area contributed by atoms with E-state index in [1.165, 1.54) is 23.0 Å². The molecule has 1 saturated heterocycles. The minimum absolute atomic E-state index is 0.158. The molecule has 1 atom stereocenters. The van der Waals surface area contributed by atoms with Gasteiger partial charge in [-0.2, -0.15) is 18.3 Å². The SMILES string of the molecule is Cc1cnn(C)c1C1(CNC(=O)c2ccccc2-c2ccc(C(F)(F)F)nc2)NC(=O)NC1=O. The van der Waals surface area contributed by atoms with Crippen LogP contribution in [0.2, 0.25) is 0 Å². The molecule has 4 rings (SSSR count). The number of hydrogen-bond donors (Lipinski definition) is 3. The number of carbonyl (C=O) groups excluding carboxylic acids is 3. The van der Waals surface area contributed by atoms with E-state index in [0.717, 1.165) is 12.3 Å². The molecular weight excluding hydrogens is 453 g/mol. The third-order valence-corrected chi connectivity index (χ3v) is 5.52. The highest BCUT2D eigenvalue weighted by Crippen LogP contribution is 2.31. The van der Waals surface area contributed by atoms with Crippen molar-refractivity contribution in [2.45, 2.75) is 18.6 Å². The van der Waals surface area contributed by atoms with Gasteiger partial charge >= 0.3 is 12.2 Å². The molecule has 1 aliphatic heterocycles. The summed E-state index contributed by atoms with van der Waals surface area (Å²) in [7, 11) is 1.61. The molecule has 2 aromatic heterocycles. The summed E-state index contributed by atoms with van der Waals surface area (Å²) in [5, 5.41) is 11.5. The highest BCUT2D eigenvalue weighted by Gasteiger charge is 2.50. The molecule has 0 bridgehead atoms. The summed E-state index contributed by atoms with van der Waals surface area (Å²) < 4.78 is 40.0. The first-order valence-corrected chi connectivity index (χ1v) is 10.1. The molecular formula is C22H19F3N6O3. The van der Waals surface area contributed by atoms with Crippen LogP contribution in [0.3, 0.4) is 0 Å². The Morgan fingerprint density at radius 3 is 2.44 bits per heavy atom. The zero-order valence-electron chi connectivity index (χ0n) is 18.0. The summed E-state index contributed by atoms with van der Waals surface area (Å²) in [6, 6.07) is 7.66. The van der Waals surface area contributed by atoms with Crippen LogP contribution in [0.5, 0.6) is 0 Å². The maximum atomic E-state index is 13.1. The standard InChI is InChI=1S/C22H19F3N6O3/c1-12-9-28-31(2)17(12)21(19(33)29-20(34)30-21)11-27-18(32)15-6-4-3-5-14(15)13-7-8-16(26-10-13)22(23,24)25/h3-10H,11H2,1-2H3,(H,27,32)(H2,29,30,33,34). The lowest BCUT2D eigenvalue weighted by molar-refractivity contribution is -0.141. The number of hydrogen-bond acceptors (Lipinski definition) is 5. The van der Waals surface area contributed by atoms with E-state index in [1.54, 1.807) is 32.2 Å². The quantitative estimate of drug-likeness (QED) is 0.493. The molecule has 3 N–H and O–H groups in total. The monoisotopic (exact) mass is 472 g/mol. The van der Waals surface area contributed by atoms with E-state index >= 15 is 0 Å². The molecule has 1 aliphatic rings. The fraction of sp³-hybridized carbons (Fsp3) is 0.227. The predicted octanol–water partition coefficient (Wildman–Crippen LogP) is 2.27. The second-order valence-electron chi connectivity index (χ2n) is 7.77. The van der Waals surface area contributed by atoms with Gasteiger partial charge in [0, 0.05) is 24.4 Å². The Kier molecular flexibility index (Phi) is 5.59. The summed E-state index contributed by atoms with van der Waals surface area (Å²) in [4.78, 5) is 41.3. The molecule has 3 heterocycles. The van der Waals surface area contributed by atoms with Crippen LogP contribution in [0.25, 0.3) is 11.1 Å². The maximum absolute atomic E-state index is 13.1. The van der Waals surface area contributed by atoms with Gasteiger partial charge in [0.15, 0.2) is 5.54 Å². The third-order valence-electron chi connectivity index (χ3n) is 5.52. The van der Waals surface area contributed by atoms with E-state index in [-0.39, 0.29) is 12.1 Å². The van der Waals surface area contributed by atoms with Crippen molar-refractivity contribution in [3.8, 4) is 11.1 Å². The van der Waals surface area contributed by atoms with Crippen LogP contribution >= 0.6 is 0 Å². The number of imide groups is 1. The van der Waals surface area contributed by atoms with Crippen molar-refractivity contribution in [2.24, 2.45) is 7.05 Å². The fourth-order valence-corrected chi connectivity index (χ4v) is 3.99. The van der Waals surface area contributed by atoms with Gasteiger partial charge in [0.2, 0.25) is 0 Å². The Morgan fingerprint density at radius 2 is 1.88 bits per heavy atom. The summed E-state index contributed by atoms with van der Waals surface area (Å²) in [6.07, 6.45) is -2.01. The molecule has 1 fully saturated rings. The van der Waals surface area contributed by atoms with Crippen LogP contribution < -0.4 is 16.0 Å². The number of rotatable bonds is 5. The number of urea groups is 1. The Balaban J connectivity index is 1.64. The molecule has 0 saturated carbocycles. The van der Waals surface area contributed by atoms with E-state index in [9.17, 15) is 27.6 Å². The summed E-state index contributed by atoms with van der Waals surface area (Å²) in [5.74, 6) is -1.24. The molecule has 0 radical (unpaired) electrons. The number of alkyl halides is 3. The predicted molar refractivity (Wildman–Crippen MR) is 113 cm³/mol. The molecule has 4 amide bonds. The Bertz CT molecular complexity index is 1270. The van der Waals surface area contributed by atoms with E-state index in [1.807, 2.05) is 0 Å². The lowest BCUT2D eigenvalue weighted by atomic mass is 9.92. The van der Waals surface area contributed by atoms with E-state index in [4.69, 9.17) is 0 Å². The van der Waals surface area contributed by atoms with Crippen molar-refractivity contribution in [3.63, 3.8) is 0 Å². The normalized spacial score (nSPS) is 17.9. The number of amides is 4. The van der Waals surface area contributed by atoms with E-state index in [2.05, 4.69) is 26.0 Å². The van der Waals surface area contributed by atoms with Crippen molar-refractivity contribution in [1.29, 1.82) is 0 Å². The Hall–Kier alpha value is -4.22. The summed E-state index contributed by atoms with van der Waals surface area (Å²) in [5.41, 5.74) is -0.788. The molecule has 0 spiro atoms. The molecule has 34 heavy (non-hydrogen) atoms. The highest BCUT2D eigenvalue weighted by molar-refractivity contribution is 6.08. The van der Waals surface area contributed by atoms with Gasteiger partial charge in [-0.25, -0.2) is 4.79 Å². The van der Waals surface area contributed by atoms with Gasteiger partial charge in [-0.1, -0.05) is 24.3 Å². The highest BCUT2D eigenvalue weighted by atomic mass is 19.4. The average molecular weight is 472 g/mol. The second-order valence-corrected chi connectivity index (χ2v) is 7.77. The molecule has 12 heteroatoms. The van der Waals surface area contributed by atoms with Crippen molar-refractivity contribution >= 4 is 17.8 Å². The third kappa shape index (κ3) is 3.98. The number of benzene rings is 1. The van der Waals surface area contributed by atoms with E-state index in [0.29, 0.717) is 22.4 Å². The topological polar surface area (TPSA) is 118 Å². The Labute approximate surface area is 191 Å². The summed E-state index contributed by atoms with van der Waals surface area (Å²) >= 11 is 0. The smallest absolute Gasteiger partial charge is 0.349 e. The molecule has 3 aromatic rings. The van der Waals surface area contributed by atoms with Crippen molar-refractivity contribution in [3.05, 3.63) is 71.3 Å². The van der Waals surface area contributed by atoms with Gasteiger partial charge in [0.25, 0.3) is 11.8 Å². The number of nitrogens with zero attached hydrogens (tertiary/aromatic N) is 3. The minimum Gasteiger partial charge on any atom is -0.349 e. The largest absolute Gasteiger partial charge is 0.433 e. The molecule has 0 aliphatic carbocycles. The minimum atomic E-state index is -4.58. The van der Waals surface area contributed by atoms with Gasteiger partial charge < -0.3 is 10.6 Å². The van der Waals surface area contributed by atoms with Crippen molar-refractivity contribution < 1.29 is 27.6 Å². The number of aromatic nitrogens is 3. The van der Waals surface area contributed by atoms with Gasteiger partial charge in [0.05, 0.1) is 18.4 Å². The van der Waals surface area contributed by atoms with Crippen molar-refractivity contribution in [2.75, 3.05) is 6.54 Å². The zero-order valence-corrected chi connectivity index (χ0v) is 18.0. The maximum Gasteiger partial charge on any atom is 0.433 e. The number of aryl methyl sites for hydroxylation is 2. The first-order valence-electron chi connectivity index (χ1n) is 10.1. The van der Waals surface area contributed by atoms with Crippen LogP contribution in [-0.2, 0) is 23.6 Å². The van der Waals surface area contributed by atoms with Crippen LogP contribution in [0, 0.1) is 6.92 Å². The van der Waals surface area contributed by atoms with Crippen LogP contribution in [0.4, 0.5) is 18.0 Å². The number of halogens is 3. The zero-order chi connectivity index (χ0) is 24.7. The lowest BCUT2D eigenvalue weighted by Gasteiger charge is -2.27.